The molecule has 0 saturated heterocycles. The summed E-state index contributed by atoms with van der Waals surface area (Å²) in [5.41, 5.74) is 3.07. The van der Waals surface area contributed by atoms with E-state index in [2.05, 4.69) is 10.4 Å². The number of aryl methyl sites for hydroxylation is 1. The highest BCUT2D eigenvalue weighted by molar-refractivity contribution is 5.95. The minimum Gasteiger partial charge on any atom is -0.393 e. The molecule has 3 heterocycles. The van der Waals surface area contributed by atoms with Crippen molar-refractivity contribution < 1.29 is 19.1 Å². The molecule has 1 aromatic carbocycles. The van der Waals surface area contributed by atoms with Gasteiger partial charge in [-0.3, -0.25) is 9.48 Å². The topological polar surface area (TPSA) is 90.7 Å². The number of carbonyl (C=O) groups is 2. The summed E-state index contributed by atoms with van der Waals surface area (Å²) in [4.78, 5) is 29.2. The van der Waals surface area contributed by atoms with Gasteiger partial charge in [-0.2, -0.15) is 5.10 Å². The quantitative estimate of drug-likeness (QED) is 0.784. The molecule has 31 heavy (non-hydrogen) atoms. The van der Waals surface area contributed by atoms with Gasteiger partial charge >= 0.3 is 6.03 Å². The van der Waals surface area contributed by atoms with E-state index in [0.717, 1.165) is 11.3 Å². The molecule has 1 aromatic heterocycles. The largest absolute Gasteiger partial charge is 0.393 e. The number of halogens is 1. The fraction of sp³-hybridized carbons (Fsp3) is 0.500. The molecule has 0 saturated carbocycles. The minimum absolute atomic E-state index is 0.0947. The number of carbonyl (C=O) groups excluding carboxylic acids is 2. The van der Waals surface area contributed by atoms with Crippen LogP contribution in [0, 0.1) is 18.7 Å². The van der Waals surface area contributed by atoms with Crippen LogP contribution in [0.5, 0.6) is 0 Å². The number of hydrogen-bond acceptors (Lipinski definition) is 4. The smallest absolute Gasteiger partial charge is 0.322 e. The SMILES string of the molecule is CC[C@H](O)[C@@H]1CN(C)C(=O)c2c3c(nn2C1)CCN(C(=O)Nc1ccc(F)c(C)c1)C3. The second kappa shape index (κ2) is 8.30. The molecule has 0 spiro atoms. The third-order valence-electron chi connectivity index (χ3n) is 6.23. The summed E-state index contributed by atoms with van der Waals surface area (Å²) in [7, 11) is 1.73. The van der Waals surface area contributed by atoms with Crippen molar-refractivity contribution in [1.82, 2.24) is 19.6 Å². The normalized spacial score (nSPS) is 19.5. The van der Waals surface area contributed by atoms with Crippen molar-refractivity contribution in [3.63, 3.8) is 0 Å². The van der Waals surface area contributed by atoms with Crippen LogP contribution in [-0.2, 0) is 19.5 Å². The van der Waals surface area contributed by atoms with Gasteiger partial charge < -0.3 is 20.2 Å². The zero-order chi connectivity index (χ0) is 22.3. The zero-order valence-electron chi connectivity index (χ0n) is 18.1. The molecule has 0 radical (unpaired) electrons. The van der Waals surface area contributed by atoms with Crippen LogP contribution < -0.4 is 5.32 Å². The maximum atomic E-state index is 13.5. The Balaban J connectivity index is 1.57. The van der Waals surface area contributed by atoms with Crippen molar-refractivity contribution in [2.24, 2.45) is 5.92 Å². The van der Waals surface area contributed by atoms with E-state index < -0.39 is 6.10 Å². The fourth-order valence-electron chi connectivity index (χ4n) is 4.37. The van der Waals surface area contributed by atoms with Gasteiger partial charge in [-0.1, -0.05) is 6.92 Å². The van der Waals surface area contributed by atoms with Crippen molar-refractivity contribution in [3.05, 3.63) is 46.5 Å². The van der Waals surface area contributed by atoms with E-state index in [1.54, 1.807) is 34.5 Å². The molecular weight excluding hydrogens is 401 g/mol. The first-order valence-electron chi connectivity index (χ1n) is 10.6. The first-order valence-corrected chi connectivity index (χ1v) is 10.6. The van der Waals surface area contributed by atoms with E-state index >= 15 is 0 Å². The third kappa shape index (κ3) is 4.01. The van der Waals surface area contributed by atoms with E-state index in [1.165, 1.54) is 12.1 Å². The predicted molar refractivity (Wildman–Crippen MR) is 113 cm³/mol. The second-order valence-electron chi connectivity index (χ2n) is 8.44. The molecule has 166 valence electrons. The molecule has 0 aliphatic carbocycles. The molecule has 2 atom stereocenters. The van der Waals surface area contributed by atoms with Crippen LogP contribution in [0.1, 0.15) is 40.7 Å². The lowest BCUT2D eigenvalue weighted by molar-refractivity contribution is 0.0626. The lowest BCUT2D eigenvalue weighted by atomic mass is 10.0. The first-order chi connectivity index (χ1) is 14.8. The Labute approximate surface area is 180 Å². The summed E-state index contributed by atoms with van der Waals surface area (Å²) in [5.74, 6) is -0.559. The zero-order valence-corrected chi connectivity index (χ0v) is 18.1. The summed E-state index contributed by atoms with van der Waals surface area (Å²) >= 11 is 0. The van der Waals surface area contributed by atoms with E-state index in [4.69, 9.17) is 0 Å². The molecular formula is C22H28FN5O3. The highest BCUT2D eigenvalue weighted by Crippen LogP contribution is 2.28. The molecule has 2 aliphatic rings. The van der Waals surface area contributed by atoms with E-state index in [9.17, 15) is 19.1 Å². The Kier molecular flexibility index (Phi) is 5.70. The van der Waals surface area contributed by atoms with Gasteiger partial charge in [0.15, 0.2) is 0 Å². The number of fused-ring (bicyclic) bond motifs is 3. The maximum Gasteiger partial charge on any atom is 0.322 e. The minimum atomic E-state index is -0.510. The van der Waals surface area contributed by atoms with Crippen LogP contribution in [-0.4, -0.2) is 62.9 Å². The van der Waals surface area contributed by atoms with Crippen molar-refractivity contribution in [1.29, 1.82) is 0 Å². The highest BCUT2D eigenvalue weighted by Gasteiger charge is 2.36. The lowest BCUT2D eigenvalue weighted by Crippen LogP contribution is -2.40. The molecule has 4 rings (SSSR count). The first kappa shape index (κ1) is 21.3. The van der Waals surface area contributed by atoms with Crippen LogP contribution >= 0.6 is 0 Å². The number of amides is 3. The van der Waals surface area contributed by atoms with E-state index in [-0.39, 0.29) is 30.2 Å². The Morgan fingerprint density at radius 2 is 2.16 bits per heavy atom. The molecule has 9 heteroatoms. The molecule has 0 unspecified atom stereocenters. The lowest BCUT2D eigenvalue weighted by Gasteiger charge is -2.27. The second-order valence-corrected chi connectivity index (χ2v) is 8.44. The van der Waals surface area contributed by atoms with Crippen molar-refractivity contribution in [2.75, 3.05) is 25.5 Å². The highest BCUT2D eigenvalue weighted by atomic mass is 19.1. The molecule has 0 fully saturated rings. The average molecular weight is 429 g/mol. The van der Waals surface area contributed by atoms with Crippen LogP contribution in [0.2, 0.25) is 0 Å². The van der Waals surface area contributed by atoms with Gasteiger partial charge in [0.1, 0.15) is 11.5 Å². The van der Waals surface area contributed by atoms with Gasteiger partial charge in [-0.15, -0.1) is 0 Å². The number of aromatic nitrogens is 2. The average Bonchev–Trinajstić information content (AvgIpc) is 3.05. The molecule has 2 N–H and O–H groups in total. The van der Waals surface area contributed by atoms with Gasteiger partial charge in [0.05, 0.1) is 18.3 Å². The number of hydrogen-bond donors (Lipinski definition) is 2. The molecule has 3 amide bonds. The van der Waals surface area contributed by atoms with Crippen molar-refractivity contribution in [3.8, 4) is 0 Å². The summed E-state index contributed by atoms with van der Waals surface area (Å²) in [6.07, 6.45) is 0.645. The van der Waals surface area contributed by atoms with E-state index in [0.29, 0.717) is 49.4 Å². The number of aliphatic hydroxyl groups is 1. The van der Waals surface area contributed by atoms with Gasteiger partial charge in [0.25, 0.3) is 5.91 Å². The maximum absolute atomic E-state index is 13.5. The number of nitrogens with one attached hydrogen (secondary N) is 1. The van der Waals surface area contributed by atoms with Gasteiger partial charge in [-0.25, -0.2) is 9.18 Å². The van der Waals surface area contributed by atoms with Crippen LogP contribution in [0.25, 0.3) is 0 Å². The number of urea groups is 1. The van der Waals surface area contributed by atoms with Gasteiger partial charge in [-0.05, 0) is 37.1 Å². The predicted octanol–water partition coefficient (Wildman–Crippen LogP) is 2.39. The Bertz CT molecular complexity index is 1020. The van der Waals surface area contributed by atoms with Crippen LogP contribution in [0.15, 0.2) is 18.2 Å². The van der Waals surface area contributed by atoms with E-state index in [1.807, 2.05) is 6.92 Å². The number of anilines is 1. The third-order valence-corrected chi connectivity index (χ3v) is 6.23. The summed E-state index contributed by atoms with van der Waals surface area (Å²) in [5, 5.41) is 17.8. The number of benzene rings is 1. The standard InChI is InChI=1S/C22H28FN5O3/c1-4-19(29)14-10-26(3)21(30)20-16-12-27(8-7-18(16)25-28(20)11-14)22(31)24-15-5-6-17(23)13(2)9-15/h5-6,9,14,19,29H,4,7-8,10-12H2,1-3H3,(H,24,31)/t14-,19+/m1/s1. The molecule has 8 nitrogen and oxygen atoms in total. The number of aliphatic hydroxyl groups excluding tert-OH is 1. The number of nitrogens with zero attached hydrogens (tertiary/aromatic N) is 4. The van der Waals surface area contributed by atoms with Crippen molar-refractivity contribution in [2.45, 2.75) is 45.9 Å². The fourth-order valence-corrected chi connectivity index (χ4v) is 4.37. The number of rotatable bonds is 3. The summed E-state index contributed by atoms with van der Waals surface area (Å²) < 4.78 is 15.2. The monoisotopic (exact) mass is 429 g/mol. The van der Waals surface area contributed by atoms with Gasteiger partial charge in [0, 0.05) is 50.3 Å². The van der Waals surface area contributed by atoms with Crippen LogP contribution in [0.4, 0.5) is 14.9 Å². The van der Waals surface area contributed by atoms with Crippen LogP contribution in [0.3, 0.4) is 0 Å². The van der Waals surface area contributed by atoms with Gasteiger partial charge in [0.2, 0.25) is 0 Å². The molecule has 2 aromatic rings. The summed E-state index contributed by atoms with van der Waals surface area (Å²) in [6, 6.07) is 4.14. The molecule has 2 aliphatic heterocycles. The molecule has 0 bridgehead atoms. The summed E-state index contributed by atoms with van der Waals surface area (Å²) in [6.45, 7) is 5.24. The Hall–Kier alpha value is -2.94. The Morgan fingerprint density at radius 1 is 1.39 bits per heavy atom. The van der Waals surface area contributed by atoms with Crippen molar-refractivity contribution >= 4 is 17.6 Å². The Morgan fingerprint density at radius 3 is 2.87 bits per heavy atom.